The molecule has 0 saturated heterocycles. The molecule has 0 bridgehead atoms. The smallest absolute Gasteiger partial charge is 0.309 e. The molecule has 3 heteroatoms. The van der Waals surface area contributed by atoms with Crippen molar-refractivity contribution in [2.24, 2.45) is 11.8 Å². The highest BCUT2D eigenvalue weighted by Gasteiger charge is 2.37. The SMILES string of the molecule is CCOC(=O)[C@@H]1C[C@@H]([NH3+])C[C@@H]1C. The van der Waals surface area contributed by atoms with Crippen LogP contribution in [0.2, 0.25) is 0 Å². The number of rotatable bonds is 2. The molecule has 0 aromatic rings. The van der Waals surface area contributed by atoms with Gasteiger partial charge in [0, 0.05) is 12.8 Å². The van der Waals surface area contributed by atoms with E-state index in [1.165, 1.54) is 0 Å². The van der Waals surface area contributed by atoms with E-state index in [0.29, 0.717) is 18.6 Å². The summed E-state index contributed by atoms with van der Waals surface area (Å²) in [6.45, 7) is 4.44. The maximum atomic E-state index is 11.4. The van der Waals surface area contributed by atoms with Crippen LogP contribution in [-0.4, -0.2) is 18.6 Å². The molecule has 0 spiro atoms. The molecule has 1 fully saturated rings. The molecule has 0 radical (unpaired) electrons. The molecule has 1 aliphatic carbocycles. The van der Waals surface area contributed by atoms with E-state index in [9.17, 15) is 4.79 Å². The Morgan fingerprint density at radius 2 is 2.25 bits per heavy atom. The summed E-state index contributed by atoms with van der Waals surface area (Å²) in [6.07, 6.45) is 1.96. The monoisotopic (exact) mass is 172 g/mol. The average molecular weight is 172 g/mol. The Labute approximate surface area is 73.3 Å². The van der Waals surface area contributed by atoms with Crippen LogP contribution in [-0.2, 0) is 9.53 Å². The zero-order valence-corrected chi connectivity index (χ0v) is 7.88. The van der Waals surface area contributed by atoms with Gasteiger partial charge in [-0.05, 0) is 12.8 Å². The summed E-state index contributed by atoms with van der Waals surface area (Å²) in [4.78, 5) is 11.4. The van der Waals surface area contributed by atoms with Crippen LogP contribution >= 0.6 is 0 Å². The van der Waals surface area contributed by atoms with Crippen LogP contribution < -0.4 is 5.73 Å². The summed E-state index contributed by atoms with van der Waals surface area (Å²) in [7, 11) is 0. The van der Waals surface area contributed by atoms with Crippen LogP contribution in [0.3, 0.4) is 0 Å². The van der Waals surface area contributed by atoms with Gasteiger partial charge in [0.15, 0.2) is 0 Å². The first-order valence-corrected chi connectivity index (χ1v) is 4.64. The van der Waals surface area contributed by atoms with Gasteiger partial charge in [-0.15, -0.1) is 0 Å². The maximum absolute atomic E-state index is 11.4. The van der Waals surface area contributed by atoms with Gasteiger partial charge >= 0.3 is 5.97 Å². The molecular formula is C9H18NO2+. The van der Waals surface area contributed by atoms with Crippen molar-refractivity contribution < 1.29 is 15.3 Å². The number of hydrogen-bond acceptors (Lipinski definition) is 2. The summed E-state index contributed by atoms with van der Waals surface area (Å²) in [5, 5.41) is 0. The van der Waals surface area contributed by atoms with E-state index in [1.54, 1.807) is 0 Å². The lowest BCUT2D eigenvalue weighted by molar-refractivity contribution is -0.418. The van der Waals surface area contributed by atoms with Crippen LogP contribution in [0, 0.1) is 11.8 Å². The number of quaternary nitrogens is 1. The molecule has 3 atom stereocenters. The van der Waals surface area contributed by atoms with Gasteiger partial charge in [0.1, 0.15) is 0 Å². The fourth-order valence-electron chi connectivity index (χ4n) is 1.96. The van der Waals surface area contributed by atoms with Gasteiger partial charge in [-0.1, -0.05) is 6.92 Å². The van der Waals surface area contributed by atoms with Crippen molar-refractivity contribution >= 4 is 5.97 Å². The third-order valence-electron chi connectivity index (χ3n) is 2.57. The third kappa shape index (κ3) is 1.97. The van der Waals surface area contributed by atoms with Gasteiger partial charge in [-0.2, -0.15) is 0 Å². The van der Waals surface area contributed by atoms with Crippen molar-refractivity contribution in [3.63, 3.8) is 0 Å². The second kappa shape index (κ2) is 3.90. The molecule has 3 N–H and O–H groups in total. The molecule has 0 amide bonds. The molecule has 1 saturated carbocycles. The summed E-state index contributed by atoms with van der Waals surface area (Å²) in [5.41, 5.74) is 3.97. The quantitative estimate of drug-likeness (QED) is 0.605. The Morgan fingerprint density at radius 1 is 1.58 bits per heavy atom. The maximum Gasteiger partial charge on any atom is 0.309 e. The molecular weight excluding hydrogens is 154 g/mol. The first-order chi connectivity index (χ1) is 5.65. The number of esters is 1. The molecule has 1 rings (SSSR count). The van der Waals surface area contributed by atoms with Gasteiger partial charge in [-0.3, -0.25) is 4.79 Å². The summed E-state index contributed by atoms with van der Waals surface area (Å²) in [5.74, 6) is 0.523. The lowest BCUT2D eigenvalue weighted by Crippen LogP contribution is -2.59. The van der Waals surface area contributed by atoms with Crippen molar-refractivity contribution in [2.45, 2.75) is 32.7 Å². The lowest BCUT2D eigenvalue weighted by atomic mass is 9.99. The second-order valence-electron chi connectivity index (χ2n) is 3.67. The van der Waals surface area contributed by atoms with Crippen molar-refractivity contribution in [3.05, 3.63) is 0 Å². The topological polar surface area (TPSA) is 53.9 Å². The fraction of sp³-hybridized carbons (Fsp3) is 0.889. The average Bonchev–Trinajstić information content (AvgIpc) is 2.30. The van der Waals surface area contributed by atoms with Crippen molar-refractivity contribution in [3.8, 4) is 0 Å². The molecule has 12 heavy (non-hydrogen) atoms. The number of hydrogen-bond donors (Lipinski definition) is 1. The first-order valence-electron chi connectivity index (χ1n) is 4.64. The minimum atomic E-state index is -0.0313. The molecule has 0 aliphatic heterocycles. The van der Waals surface area contributed by atoms with Gasteiger partial charge in [0.25, 0.3) is 0 Å². The van der Waals surface area contributed by atoms with E-state index >= 15 is 0 Å². The normalized spacial score (nSPS) is 35.1. The summed E-state index contributed by atoms with van der Waals surface area (Å²) in [6, 6.07) is 0.439. The van der Waals surface area contributed by atoms with Gasteiger partial charge < -0.3 is 10.5 Å². The molecule has 0 unspecified atom stereocenters. The molecule has 0 aromatic carbocycles. The van der Waals surface area contributed by atoms with Crippen LogP contribution in [0.25, 0.3) is 0 Å². The van der Waals surface area contributed by atoms with E-state index in [2.05, 4.69) is 12.7 Å². The molecule has 3 nitrogen and oxygen atoms in total. The summed E-state index contributed by atoms with van der Waals surface area (Å²) < 4.78 is 4.98. The number of carbonyl (C=O) groups excluding carboxylic acids is 1. The third-order valence-corrected chi connectivity index (χ3v) is 2.57. The largest absolute Gasteiger partial charge is 0.466 e. The Kier molecular flexibility index (Phi) is 3.09. The highest BCUT2D eigenvalue weighted by atomic mass is 16.5. The highest BCUT2D eigenvalue weighted by molar-refractivity contribution is 5.73. The van der Waals surface area contributed by atoms with Crippen molar-refractivity contribution in [2.75, 3.05) is 6.61 Å². The van der Waals surface area contributed by atoms with Crippen LogP contribution in [0.1, 0.15) is 26.7 Å². The predicted octanol–water partition coefficient (Wildman–Crippen LogP) is 0.206. The number of ether oxygens (including phenoxy) is 1. The molecule has 70 valence electrons. The van der Waals surface area contributed by atoms with Gasteiger partial charge in [0.05, 0.1) is 18.6 Å². The van der Waals surface area contributed by atoms with E-state index in [0.717, 1.165) is 12.8 Å². The lowest BCUT2D eigenvalue weighted by Gasteiger charge is -2.11. The van der Waals surface area contributed by atoms with Crippen molar-refractivity contribution in [1.29, 1.82) is 0 Å². The molecule has 0 aromatic heterocycles. The molecule has 1 aliphatic rings. The van der Waals surface area contributed by atoms with E-state index < -0.39 is 0 Å². The Bertz CT molecular complexity index is 170. The minimum Gasteiger partial charge on any atom is -0.466 e. The zero-order valence-electron chi connectivity index (χ0n) is 7.88. The van der Waals surface area contributed by atoms with Crippen molar-refractivity contribution in [1.82, 2.24) is 0 Å². The zero-order chi connectivity index (χ0) is 9.14. The second-order valence-corrected chi connectivity index (χ2v) is 3.67. The van der Waals surface area contributed by atoms with Crippen LogP contribution in [0.5, 0.6) is 0 Å². The van der Waals surface area contributed by atoms with E-state index in [4.69, 9.17) is 4.74 Å². The summed E-state index contributed by atoms with van der Waals surface area (Å²) >= 11 is 0. The highest BCUT2D eigenvalue weighted by Crippen LogP contribution is 2.30. The standard InChI is InChI=1S/C9H17NO2/c1-3-12-9(11)8-5-7(10)4-6(8)2/h6-8H,3-5,10H2,1-2H3/p+1/t6-,7-,8+/m0/s1. The van der Waals surface area contributed by atoms with Gasteiger partial charge in [0.2, 0.25) is 0 Å². The number of carbonyl (C=O) groups is 1. The first kappa shape index (κ1) is 9.52. The minimum absolute atomic E-state index is 0.0313. The predicted molar refractivity (Wildman–Crippen MR) is 45.2 cm³/mol. The molecule has 0 heterocycles. The van der Waals surface area contributed by atoms with E-state index in [1.807, 2.05) is 6.92 Å². The Hall–Kier alpha value is -0.570. The van der Waals surface area contributed by atoms with E-state index in [-0.39, 0.29) is 11.9 Å². The fourth-order valence-corrected chi connectivity index (χ4v) is 1.96. The van der Waals surface area contributed by atoms with Crippen LogP contribution in [0.15, 0.2) is 0 Å². The Morgan fingerprint density at radius 3 is 2.67 bits per heavy atom. The van der Waals surface area contributed by atoms with Crippen LogP contribution in [0.4, 0.5) is 0 Å². The van der Waals surface area contributed by atoms with Gasteiger partial charge in [-0.25, -0.2) is 0 Å². The Balaban J connectivity index is 2.46.